The second-order valence-electron chi connectivity index (χ2n) is 7.80. The van der Waals surface area contributed by atoms with Crippen LogP contribution in [0.15, 0.2) is 24.3 Å². The number of rotatable bonds is 12. The summed E-state index contributed by atoms with van der Waals surface area (Å²) in [6, 6.07) is 5.25. The Labute approximate surface area is 186 Å². The molecule has 0 spiro atoms. The normalized spacial score (nSPS) is 13.9. The lowest BCUT2D eigenvalue weighted by Gasteiger charge is -2.33. The number of hydrogen-bond acceptors (Lipinski definition) is 8. The van der Waals surface area contributed by atoms with Crippen LogP contribution >= 0.6 is 0 Å². The van der Waals surface area contributed by atoms with Crippen molar-refractivity contribution >= 4 is 29.8 Å². The molecule has 0 aromatic heterocycles. The summed E-state index contributed by atoms with van der Waals surface area (Å²) in [4.78, 5) is 44.9. The topological polar surface area (TPSA) is 146 Å². The lowest BCUT2D eigenvalue weighted by molar-refractivity contribution is -0.384. The lowest BCUT2D eigenvalue weighted by Crippen LogP contribution is -2.43. The van der Waals surface area contributed by atoms with Crippen molar-refractivity contribution in [3.63, 3.8) is 0 Å². The first kappa shape index (κ1) is 26.8. The maximum atomic E-state index is 12.3. The van der Waals surface area contributed by atoms with Gasteiger partial charge in [0, 0.05) is 37.9 Å². The van der Waals surface area contributed by atoms with Crippen LogP contribution in [0.2, 0.25) is 0 Å². The molecule has 11 nitrogen and oxygen atoms in total. The van der Waals surface area contributed by atoms with Crippen molar-refractivity contribution < 1.29 is 33.5 Å². The van der Waals surface area contributed by atoms with Crippen LogP contribution in [0.4, 0.5) is 21.0 Å². The molecule has 0 heterocycles. The monoisotopic (exact) mass is 453 g/mol. The number of carbonyl (C=O) groups is 3. The Hall–Kier alpha value is -3.21. The molecular weight excluding hydrogens is 422 g/mol. The second kappa shape index (κ2) is 12.6. The molecule has 1 rings (SSSR count). The number of nitro groups is 1. The standard InChI is InChI=1S/C21H31N3O8/c1-14(15(2)31-19(26)22-5)11-13-30-21(3,4)18(10-12-25)32-20(27)23-16-6-8-17(9-7-16)24(28)29/h6-9,12,14-15,18H,10-11,13H2,1-5H3,(H,22,26)(H,23,27)/t14-,15-,18-/m0/s1. The molecule has 0 aliphatic rings. The van der Waals surface area contributed by atoms with E-state index in [9.17, 15) is 24.5 Å². The fourth-order valence-corrected chi connectivity index (χ4v) is 2.68. The first-order valence-corrected chi connectivity index (χ1v) is 10.2. The van der Waals surface area contributed by atoms with Crippen LogP contribution in [0.3, 0.4) is 0 Å². The van der Waals surface area contributed by atoms with Gasteiger partial charge >= 0.3 is 12.2 Å². The van der Waals surface area contributed by atoms with Crippen molar-refractivity contribution in [1.82, 2.24) is 5.32 Å². The molecule has 0 saturated carbocycles. The van der Waals surface area contributed by atoms with E-state index in [0.29, 0.717) is 18.4 Å². The molecule has 32 heavy (non-hydrogen) atoms. The Morgan fingerprint density at radius 3 is 2.31 bits per heavy atom. The number of anilines is 1. The fraction of sp³-hybridized carbons (Fsp3) is 0.571. The van der Waals surface area contributed by atoms with Crippen LogP contribution in [-0.4, -0.2) is 54.9 Å². The van der Waals surface area contributed by atoms with Crippen LogP contribution in [-0.2, 0) is 19.0 Å². The Balaban J connectivity index is 2.63. The summed E-state index contributed by atoms with van der Waals surface area (Å²) in [6.45, 7) is 7.40. The number of nitro benzene ring substituents is 1. The van der Waals surface area contributed by atoms with E-state index >= 15 is 0 Å². The van der Waals surface area contributed by atoms with Gasteiger partial charge in [-0.1, -0.05) is 6.92 Å². The first-order chi connectivity index (χ1) is 15.0. The molecular formula is C21H31N3O8. The number of aldehydes is 1. The largest absolute Gasteiger partial charge is 0.446 e. The first-order valence-electron chi connectivity index (χ1n) is 10.2. The van der Waals surface area contributed by atoms with Gasteiger partial charge in [-0.25, -0.2) is 9.59 Å². The number of alkyl carbamates (subject to hydrolysis) is 1. The molecule has 2 amide bonds. The number of hydrogen-bond donors (Lipinski definition) is 2. The zero-order valence-corrected chi connectivity index (χ0v) is 19.0. The average molecular weight is 453 g/mol. The fourth-order valence-electron chi connectivity index (χ4n) is 2.68. The van der Waals surface area contributed by atoms with Crippen molar-refractivity contribution in [2.45, 2.75) is 58.3 Å². The average Bonchev–Trinajstić information content (AvgIpc) is 2.73. The summed E-state index contributed by atoms with van der Waals surface area (Å²) in [5.74, 6) is 0.0129. The van der Waals surface area contributed by atoms with Crippen LogP contribution < -0.4 is 10.6 Å². The SMILES string of the molecule is CNC(=O)O[C@@H](C)[C@@H](C)CCOC(C)(C)[C@H](CC=O)OC(=O)Nc1ccc([N+](=O)[O-])cc1. The molecule has 1 aromatic carbocycles. The molecule has 11 heteroatoms. The van der Waals surface area contributed by atoms with E-state index in [2.05, 4.69) is 10.6 Å². The molecule has 0 aliphatic heterocycles. The van der Waals surface area contributed by atoms with E-state index in [-0.39, 0.29) is 30.7 Å². The predicted octanol–water partition coefficient (Wildman–Crippen LogP) is 3.67. The highest BCUT2D eigenvalue weighted by molar-refractivity contribution is 5.85. The van der Waals surface area contributed by atoms with Crippen molar-refractivity contribution in [2.75, 3.05) is 19.0 Å². The van der Waals surface area contributed by atoms with Gasteiger partial charge in [0.15, 0.2) is 0 Å². The number of benzene rings is 1. The Morgan fingerprint density at radius 1 is 1.16 bits per heavy atom. The molecule has 0 fully saturated rings. The van der Waals surface area contributed by atoms with Gasteiger partial charge in [-0.05, 0) is 45.2 Å². The molecule has 0 radical (unpaired) electrons. The van der Waals surface area contributed by atoms with E-state index in [0.717, 1.165) is 0 Å². The second-order valence-corrected chi connectivity index (χ2v) is 7.80. The summed E-state index contributed by atoms with van der Waals surface area (Å²) < 4.78 is 16.5. The van der Waals surface area contributed by atoms with Gasteiger partial charge in [-0.15, -0.1) is 0 Å². The van der Waals surface area contributed by atoms with Crippen molar-refractivity contribution in [2.24, 2.45) is 5.92 Å². The maximum Gasteiger partial charge on any atom is 0.412 e. The predicted molar refractivity (Wildman–Crippen MR) is 116 cm³/mol. The number of carbonyl (C=O) groups excluding carboxylic acids is 3. The van der Waals surface area contributed by atoms with Crippen LogP contribution in [0.5, 0.6) is 0 Å². The molecule has 1 aromatic rings. The summed E-state index contributed by atoms with van der Waals surface area (Å²) in [6.07, 6.45) is -1.38. The minimum absolute atomic E-state index is 0.0129. The molecule has 0 unspecified atom stereocenters. The quantitative estimate of drug-likeness (QED) is 0.277. The summed E-state index contributed by atoms with van der Waals surface area (Å²) in [7, 11) is 1.48. The minimum Gasteiger partial charge on any atom is -0.446 e. The van der Waals surface area contributed by atoms with Crippen LogP contribution in [0, 0.1) is 16.0 Å². The minimum atomic E-state index is -0.974. The van der Waals surface area contributed by atoms with E-state index in [1.807, 2.05) is 6.92 Å². The summed E-state index contributed by atoms with van der Waals surface area (Å²) in [5.41, 5.74) is -0.775. The van der Waals surface area contributed by atoms with Gasteiger partial charge in [-0.3, -0.25) is 15.4 Å². The van der Waals surface area contributed by atoms with Gasteiger partial charge in [0.1, 0.15) is 18.5 Å². The molecule has 0 saturated heterocycles. The Kier molecular flexibility index (Phi) is 10.6. The zero-order valence-electron chi connectivity index (χ0n) is 19.0. The van der Waals surface area contributed by atoms with E-state index in [4.69, 9.17) is 14.2 Å². The Morgan fingerprint density at radius 2 is 1.78 bits per heavy atom. The van der Waals surface area contributed by atoms with E-state index in [1.54, 1.807) is 20.8 Å². The third-order valence-corrected chi connectivity index (χ3v) is 5.01. The summed E-state index contributed by atoms with van der Waals surface area (Å²) in [5, 5.41) is 15.6. The zero-order chi connectivity index (χ0) is 24.3. The molecule has 0 aliphatic carbocycles. The van der Waals surface area contributed by atoms with Crippen molar-refractivity contribution in [3.8, 4) is 0 Å². The Bertz CT molecular complexity index is 782. The van der Waals surface area contributed by atoms with Gasteiger partial charge in [0.25, 0.3) is 5.69 Å². The van der Waals surface area contributed by atoms with Gasteiger partial charge < -0.3 is 24.3 Å². The van der Waals surface area contributed by atoms with Crippen LogP contribution in [0.1, 0.15) is 40.5 Å². The van der Waals surface area contributed by atoms with E-state index < -0.39 is 28.8 Å². The molecule has 0 bridgehead atoms. The third kappa shape index (κ3) is 8.88. The van der Waals surface area contributed by atoms with Gasteiger partial charge in [0.05, 0.1) is 10.5 Å². The highest BCUT2D eigenvalue weighted by atomic mass is 16.6. The lowest BCUT2D eigenvalue weighted by atomic mass is 9.98. The highest BCUT2D eigenvalue weighted by Crippen LogP contribution is 2.23. The number of non-ortho nitro benzene ring substituents is 1. The molecule has 178 valence electrons. The maximum absolute atomic E-state index is 12.3. The number of nitrogens with one attached hydrogen (secondary N) is 2. The number of nitrogens with zero attached hydrogens (tertiary/aromatic N) is 1. The number of ether oxygens (including phenoxy) is 3. The van der Waals surface area contributed by atoms with Crippen molar-refractivity contribution in [1.29, 1.82) is 0 Å². The van der Waals surface area contributed by atoms with E-state index in [1.165, 1.54) is 31.3 Å². The van der Waals surface area contributed by atoms with Crippen molar-refractivity contribution in [3.05, 3.63) is 34.4 Å². The van der Waals surface area contributed by atoms with Gasteiger partial charge in [0.2, 0.25) is 0 Å². The highest BCUT2D eigenvalue weighted by Gasteiger charge is 2.34. The molecule has 2 N–H and O–H groups in total. The van der Waals surface area contributed by atoms with Crippen LogP contribution in [0.25, 0.3) is 0 Å². The summed E-state index contributed by atoms with van der Waals surface area (Å²) >= 11 is 0. The third-order valence-electron chi connectivity index (χ3n) is 5.01. The smallest absolute Gasteiger partial charge is 0.412 e. The molecule has 3 atom stereocenters. The van der Waals surface area contributed by atoms with Gasteiger partial charge in [-0.2, -0.15) is 0 Å². The number of amides is 2.